The third-order valence-electron chi connectivity index (χ3n) is 3.47. The molecule has 1 aliphatic heterocycles. The molecule has 0 spiro atoms. The van der Waals surface area contributed by atoms with Crippen LogP contribution in [0, 0.1) is 0 Å². The molecule has 1 heterocycles. The van der Waals surface area contributed by atoms with Gasteiger partial charge in [0, 0.05) is 18.7 Å². The zero-order valence-corrected chi connectivity index (χ0v) is 12.5. The Morgan fingerprint density at radius 3 is 2.67 bits per heavy atom. The molecule has 0 N–H and O–H groups in total. The second-order valence-corrected chi connectivity index (χ2v) is 5.05. The number of rotatable bonds is 6. The summed E-state index contributed by atoms with van der Waals surface area (Å²) in [4.78, 5) is 24.9. The Morgan fingerprint density at radius 1 is 1.33 bits per heavy atom. The van der Waals surface area contributed by atoms with Gasteiger partial charge in [-0.15, -0.1) is 0 Å². The van der Waals surface area contributed by atoms with Gasteiger partial charge in [0.1, 0.15) is 6.29 Å². The lowest BCUT2D eigenvalue weighted by Gasteiger charge is -2.22. The zero-order valence-electron chi connectivity index (χ0n) is 12.5. The number of likely N-dealkylation sites (tertiary alicyclic amines) is 1. The van der Waals surface area contributed by atoms with E-state index in [1.807, 2.05) is 11.8 Å². The molecule has 1 atom stereocenters. The van der Waals surface area contributed by atoms with Crippen molar-refractivity contribution in [2.75, 3.05) is 19.7 Å². The van der Waals surface area contributed by atoms with Gasteiger partial charge in [-0.3, -0.25) is 9.59 Å². The van der Waals surface area contributed by atoms with Crippen molar-refractivity contribution < 1.29 is 19.1 Å². The number of aldehydes is 1. The summed E-state index contributed by atoms with van der Waals surface area (Å²) in [5.41, 5.74) is 0.518. The van der Waals surface area contributed by atoms with Crippen LogP contribution in [-0.4, -0.2) is 42.9 Å². The van der Waals surface area contributed by atoms with E-state index in [1.165, 1.54) is 0 Å². The standard InChI is InChI=1S/C16H21NO4/c1-3-20-15-10-13(11-18)6-7-14(15)21-12(2)16(19)17-8-4-5-9-17/h6-7,10-12H,3-5,8-9H2,1-2H3. The molecule has 1 aromatic carbocycles. The third-order valence-corrected chi connectivity index (χ3v) is 3.47. The van der Waals surface area contributed by atoms with Crippen LogP contribution in [0.2, 0.25) is 0 Å². The molecule has 0 bridgehead atoms. The van der Waals surface area contributed by atoms with Crippen molar-refractivity contribution in [1.29, 1.82) is 0 Å². The average Bonchev–Trinajstić information content (AvgIpc) is 3.02. The van der Waals surface area contributed by atoms with E-state index < -0.39 is 6.10 Å². The zero-order chi connectivity index (χ0) is 15.2. The largest absolute Gasteiger partial charge is 0.490 e. The Hall–Kier alpha value is -2.04. The van der Waals surface area contributed by atoms with Gasteiger partial charge in [0.2, 0.25) is 0 Å². The van der Waals surface area contributed by atoms with Crippen molar-refractivity contribution in [1.82, 2.24) is 4.90 Å². The molecule has 1 aromatic rings. The number of hydrogen-bond acceptors (Lipinski definition) is 4. The van der Waals surface area contributed by atoms with Gasteiger partial charge >= 0.3 is 0 Å². The lowest BCUT2D eigenvalue weighted by molar-refractivity contribution is -0.136. The van der Waals surface area contributed by atoms with E-state index in [0.717, 1.165) is 32.2 Å². The molecule has 1 unspecified atom stereocenters. The Kier molecular flexibility index (Phi) is 5.20. The summed E-state index contributed by atoms with van der Waals surface area (Å²) in [6.07, 6.45) is 2.29. The summed E-state index contributed by atoms with van der Waals surface area (Å²) in [5.74, 6) is 0.972. The normalized spacial score (nSPS) is 15.6. The fourth-order valence-corrected chi connectivity index (χ4v) is 2.40. The highest BCUT2D eigenvalue weighted by atomic mass is 16.5. The van der Waals surface area contributed by atoms with E-state index in [9.17, 15) is 9.59 Å². The number of nitrogens with zero attached hydrogens (tertiary/aromatic N) is 1. The summed E-state index contributed by atoms with van der Waals surface area (Å²) >= 11 is 0. The summed E-state index contributed by atoms with van der Waals surface area (Å²) < 4.78 is 11.2. The predicted molar refractivity (Wildman–Crippen MR) is 78.9 cm³/mol. The first-order chi connectivity index (χ1) is 10.2. The van der Waals surface area contributed by atoms with Crippen LogP contribution in [0.25, 0.3) is 0 Å². The summed E-state index contributed by atoms with van der Waals surface area (Å²) in [6.45, 7) is 5.66. The molecule has 1 amide bonds. The molecule has 1 fully saturated rings. The molecule has 1 saturated heterocycles. The van der Waals surface area contributed by atoms with Crippen LogP contribution >= 0.6 is 0 Å². The first kappa shape index (κ1) is 15.4. The summed E-state index contributed by atoms with van der Waals surface area (Å²) in [6, 6.07) is 4.94. The van der Waals surface area contributed by atoms with E-state index in [-0.39, 0.29) is 5.91 Å². The molecule has 5 nitrogen and oxygen atoms in total. The molecule has 0 aliphatic carbocycles. The molecule has 2 rings (SSSR count). The molecular weight excluding hydrogens is 270 g/mol. The highest BCUT2D eigenvalue weighted by Crippen LogP contribution is 2.29. The molecule has 5 heteroatoms. The predicted octanol–water partition coefficient (Wildman–Crippen LogP) is 2.29. The fourth-order valence-electron chi connectivity index (χ4n) is 2.40. The van der Waals surface area contributed by atoms with Crippen molar-refractivity contribution in [2.45, 2.75) is 32.8 Å². The molecule has 21 heavy (non-hydrogen) atoms. The quantitative estimate of drug-likeness (QED) is 0.755. The molecule has 0 aromatic heterocycles. The second-order valence-electron chi connectivity index (χ2n) is 5.05. The number of benzene rings is 1. The Labute approximate surface area is 124 Å². The molecular formula is C16H21NO4. The van der Waals surface area contributed by atoms with Crippen LogP contribution in [0.15, 0.2) is 18.2 Å². The van der Waals surface area contributed by atoms with Gasteiger partial charge in [0.05, 0.1) is 6.61 Å². The highest BCUT2D eigenvalue weighted by molar-refractivity contribution is 5.81. The fraction of sp³-hybridized carbons (Fsp3) is 0.500. The van der Waals surface area contributed by atoms with Crippen LogP contribution < -0.4 is 9.47 Å². The average molecular weight is 291 g/mol. The SMILES string of the molecule is CCOc1cc(C=O)ccc1OC(C)C(=O)N1CCCC1. The van der Waals surface area contributed by atoms with Gasteiger partial charge in [-0.1, -0.05) is 0 Å². The van der Waals surface area contributed by atoms with Crippen LogP contribution in [0.1, 0.15) is 37.0 Å². The number of ether oxygens (including phenoxy) is 2. The maximum atomic E-state index is 12.2. The maximum absolute atomic E-state index is 12.2. The third kappa shape index (κ3) is 3.74. The first-order valence-corrected chi connectivity index (χ1v) is 7.33. The van der Waals surface area contributed by atoms with Crippen molar-refractivity contribution in [2.24, 2.45) is 0 Å². The van der Waals surface area contributed by atoms with E-state index in [2.05, 4.69) is 0 Å². The topological polar surface area (TPSA) is 55.8 Å². The van der Waals surface area contributed by atoms with Gasteiger partial charge in [-0.2, -0.15) is 0 Å². The van der Waals surface area contributed by atoms with Crippen LogP contribution in [0.4, 0.5) is 0 Å². The second kappa shape index (κ2) is 7.11. The molecule has 1 aliphatic rings. The van der Waals surface area contributed by atoms with E-state index >= 15 is 0 Å². The number of carbonyl (C=O) groups excluding carboxylic acids is 2. The minimum Gasteiger partial charge on any atom is -0.490 e. The van der Waals surface area contributed by atoms with Gasteiger partial charge in [-0.25, -0.2) is 0 Å². The number of carbonyl (C=O) groups is 2. The Morgan fingerprint density at radius 2 is 2.05 bits per heavy atom. The monoisotopic (exact) mass is 291 g/mol. The Balaban J connectivity index is 2.10. The van der Waals surface area contributed by atoms with Crippen molar-refractivity contribution in [3.05, 3.63) is 23.8 Å². The van der Waals surface area contributed by atoms with Gasteiger partial charge in [0.25, 0.3) is 5.91 Å². The lowest BCUT2D eigenvalue weighted by atomic mass is 10.2. The smallest absolute Gasteiger partial charge is 0.263 e. The number of amides is 1. The van der Waals surface area contributed by atoms with Crippen LogP contribution in [0.3, 0.4) is 0 Å². The van der Waals surface area contributed by atoms with Crippen molar-refractivity contribution in [3.8, 4) is 11.5 Å². The van der Waals surface area contributed by atoms with E-state index in [4.69, 9.17) is 9.47 Å². The van der Waals surface area contributed by atoms with Gasteiger partial charge < -0.3 is 14.4 Å². The molecule has 114 valence electrons. The van der Waals surface area contributed by atoms with E-state index in [0.29, 0.717) is 23.7 Å². The van der Waals surface area contributed by atoms with Crippen molar-refractivity contribution in [3.63, 3.8) is 0 Å². The van der Waals surface area contributed by atoms with Crippen LogP contribution in [-0.2, 0) is 4.79 Å². The molecule has 0 saturated carbocycles. The highest BCUT2D eigenvalue weighted by Gasteiger charge is 2.25. The minimum atomic E-state index is -0.565. The lowest BCUT2D eigenvalue weighted by Crippen LogP contribution is -2.38. The van der Waals surface area contributed by atoms with Crippen LogP contribution in [0.5, 0.6) is 11.5 Å². The summed E-state index contributed by atoms with van der Waals surface area (Å²) in [7, 11) is 0. The Bertz CT molecular complexity index is 509. The minimum absolute atomic E-state index is 0.00517. The van der Waals surface area contributed by atoms with Gasteiger partial charge in [0.15, 0.2) is 17.6 Å². The molecule has 0 radical (unpaired) electrons. The van der Waals surface area contributed by atoms with E-state index in [1.54, 1.807) is 25.1 Å². The maximum Gasteiger partial charge on any atom is 0.263 e. The summed E-state index contributed by atoms with van der Waals surface area (Å²) in [5, 5.41) is 0. The number of hydrogen-bond donors (Lipinski definition) is 0. The van der Waals surface area contributed by atoms with Crippen molar-refractivity contribution >= 4 is 12.2 Å². The van der Waals surface area contributed by atoms with Gasteiger partial charge in [-0.05, 0) is 44.9 Å². The first-order valence-electron chi connectivity index (χ1n) is 7.33.